The fraction of sp³-hybridized carbons (Fsp3) is 0.353. The largest absolute Gasteiger partial charge is 0.497 e. The molecule has 0 saturated heterocycles. The van der Waals surface area contributed by atoms with Crippen LogP contribution in [0.2, 0.25) is 0 Å². The number of hydrogen-bond donors (Lipinski definition) is 0. The van der Waals surface area contributed by atoms with Crippen LogP contribution in [-0.2, 0) is 17.6 Å². The molecule has 100 valence electrons. The maximum Gasteiger partial charge on any atom is 0.119 e. The minimum absolute atomic E-state index is 0.355. The fourth-order valence-electron chi connectivity index (χ4n) is 3.07. The van der Waals surface area contributed by atoms with E-state index in [-0.39, 0.29) is 0 Å². The van der Waals surface area contributed by atoms with E-state index in [1.54, 1.807) is 7.11 Å². The van der Waals surface area contributed by atoms with E-state index in [1.165, 1.54) is 28.3 Å². The van der Waals surface area contributed by atoms with Crippen molar-refractivity contribution in [3.8, 4) is 5.75 Å². The third-order valence-corrected chi connectivity index (χ3v) is 3.69. The Bertz CT molecular complexity index is 599. The first kappa shape index (κ1) is 13.6. The van der Waals surface area contributed by atoms with Gasteiger partial charge in [-0.05, 0) is 52.3 Å². The molecule has 0 spiro atoms. The molecular weight excluding hydrogens is 236 g/mol. The Morgan fingerprint density at radius 3 is 2.47 bits per heavy atom. The first-order valence-electron chi connectivity index (χ1n) is 6.46. The average Bonchev–Trinajstić information content (AvgIpc) is 2.39. The molecule has 0 atom stereocenters. The van der Waals surface area contributed by atoms with E-state index < -0.39 is 0 Å². The molecule has 0 aromatic heterocycles. The van der Waals surface area contributed by atoms with Crippen molar-refractivity contribution in [2.75, 3.05) is 7.11 Å². The molecule has 1 aliphatic carbocycles. The van der Waals surface area contributed by atoms with Gasteiger partial charge in [0, 0.05) is 0 Å². The van der Waals surface area contributed by atoms with Crippen LogP contribution in [0.25, 0.3) is 10.8 Å². The van der Waals surface area contributed by atoms with Gasteiger partial charge in [-0.15, -0.1) is 0 Å². The van der Waals surface area contributed by atoms with E-state index >= 15 is 0 Å². The third-order valence-electron chi connectivity index (χ3n) is 3.69. The summed E-state index contributed by atoms with van der Waals surface area (Å²) in [5.41, 5.74) is 3.27. The monoisotopic (exact) mass is 256 g/mol. The van der Waals surface area contributed by atoms with E-state index in [0.717, 1.165) is 12.2 Å². The first-order valence-corrected chi connectivity index (χ1v) is 6.46. The van der Waals surface area contributed by atoms with E-state index in [0.29, 0.717) is 5.41 Å². The zero-order chi connectivity index (χ0) is 14.0. The Kier molecular flexibility index (Phi) is 3.61. The van der Waals surface area contributed by atoms with Crippen LogP contribution in [0, 0.1) is 5.41 Å². The van der Waals surface area contributed by atoms with Crippen LogP contribution < -0.4 is 4.74 Å². The lowest BCUT2D eigenvalue weighted by atomic mass is 9.73. The van der Waals surface area contributed by atoms with Crippen molar-refractivity contribution < 1.29 is 9.53 Å². The van der Waals surface area contributed by atoms with E-state index in [2.05, 4.69) is 44.2 Å². The lowest BCUT2D eigenvalue weighted by Crippen LogP contribution is -2.22. The lowest BCUT2D eigenvalue weighted by Gasteiger charge is -2.31. The van der Waals surface area contributed by atoms with Crippen molar-refractivity contribution in [2.24, 2.45) is 5.41 Å². The van der Waals surface area contributed by atoms with Gasteiger partial charge in [0.15, 0.2) is 0 Å². The molecule has 0 saturated carbocycles. The molecule has 0 unspecified atom stereocenters. The van der Waals surface area contributed by atoms with Crippen LogP contribution in [0.15, 0.2) is 30.3 Å². The minimum atomic E-state index is 0.355. The summed E-state index contributed by atoms with van der Waals surface area (Å²) in [7, 11) is 1.74. The zero-order valence-electron chi connectivity index (χ0n) is 11.8. The number of rotatable bonds is 1. The van der Waals surface area contributed by atoms with E-state index in [4.69, 9.17) is 9.53 Å². The Labute approximate surface area is 114 Å². The molecule has 0 radical (unpaired) electrons. The maximum absolute atomic E-state index is 8.00. The fourth-order valence-corrected chi connectivity index (χ4v) is 3.07. The van der Waals surface area contributed by atoms with Gasteiger partial charge in [0.05, 0.1) is 7.11 Å². The van der Waals surface area contributed by atoms with Crippen molar-refractivity contribution >= 4 is 17.6 Å². The highest BCUT2D eigenvalue weighted by Crippen LogP contribution is 2.40. The van der Waals surface area contributed by atoms with Crippen LogP contribution in [0.1, 0.15) is 25.0 Å². The smallest absolute Gasteiger partial charge is 0.119 e. The normalized spacial score (nSPS) is 15.5. The summed E-state index contributed by atoms with van der Waals surface area (Å²) in [6.45, 7) is 6.68. The number of carbonyl (C=O) groups is 1. The Morgan fingerprint density at radius 2 is 1.79 bits per heavy atom. The van der Waals surface area contributed by atoms with E-state index in [1.807, 2.05) is 6.79 Å². The molecule has 3 rings (SSSR count). The second kappa shape index (κ2) is 5.04. The molecule has 0 bridgehead atoms. The SMILES string of the molecule is C=O.COc1cc2c3c(cccc3c1)CC(C)(C)C2. The molecule has 2 heteroatoms. The Hall–Kier alpha value is -1.83. The lowest BCUT2D eigenvalue weighted by molar-refractivity contribution is -0.0979. The van der Waals surface area contributed by atoms with Gasteiger partial charge >= 0.3 is 0 Å². The van der Waals surface area contributed by atoms with Crippen LogP contribution in [0.5, 0.6) is 5.75 Å². The highest BCUT2D eigenvalue weighted by molar-refractivity contribution is 5.91. The van der Waals surface area contributed by atoms with Gasteiger partial charge in [0.2, 0.25) is 0 Å². The number of hydrogen-bond acceptors (Lipinski definition) is 2. The molecule has 2 aromatic rings. The highest BCUT2D eigenvalue weighted by Gasteiger charge is 2.27. The molecular formula is C17H20O2. The second-order valence-electron chi connectivity index (χ2n) is 5.82. The molecule has 19 heavy (non-hydrogen) atoms. The molecule has 0 N–H and O–H groups in total. The van der Waals surface area contributed by atoms with Gasteiger partial charge in [-0.2, -0.15) is 0 Å². The van der Waals surface area contributed by atoms with Crippen molar-refractivity contribution in [3.05, 3.63) is 41.5 Å². The summed E-state index contributed by atoms with van der Waals surface area (Å²) >= 11 is 0. The topological polar surface area (TPSA) is 26.3 Å². The van der Waals surface area contributed by atoms with Crippen LogP contribution in [0.3, 0.4) is 0 Å². The summed E-state index contributed by atoms with van der Waals surface area (Å²) in [6.07, 6.45) is 2.31. The summed E-state index contributed by atoms with van der Waals surface area (Å²) < 4.78 is 5.40. The van der Waals surface area contributed by atoms with Gasteiger partial charge in [0.25, 0.3) is 0 Å². The first-order chi connectivity index (χ1) is 9.09. The standard InChI is InChI=1S/C16H18O.CH2O/c1-16(2)9-12-6-4-5-11-7-14(17-3)8-13(10-16)15(11)12;1-2/h4-8H,9-10H2,1-3H3;1H2. The molecule has 1 aliphatic rings. The van der Waals surface area contributed by atoms with Gasteiger partial charge in [-0.3, -0.25) is 0 Å². The average molecular weight is 256 g/mol. The summed E-state index contributed by atoms with van der Waals surface area (Å²) in [5, 5.41) is 2.76. The molecule has 2 aromatic carbocycles. The van der Waals surface area contributed by atoms with Crippen molar-refractivity contribution in [3.63, 3.8) is 0 Å². The third kappa shape index (κ3) is 2.48. The van der Waals surface area contributed by atoms with Gasteiger partial charge in [-0.25, -0.2) is 0 Å². The van der Waals surface area contributed by atoms with E-state index in [9.17, 15) is 0 Å². The number of methoxy groups -OCH3 is 1. The minimum Gasteiger partial charge on any atom is -0.497 e. The molecule has 0 aliphatic heterocycles. The quantitative estimate of drug-likeness (QED) is 0.776. The zero-order valence-corrected chi connectivity index (χ0v) is 11.8. The summed E-state index contributed by atoms with van der Waals surface area (Å²) in [4.78, 5) is 8.00. The number of benzene rings is 2. The molecule has 0 heterocycles. The summed E-state index contributed by atoms with van der Waals surface area (Å²) in [6, 6.07) is 10.9. The molecule has 0 fully saturated rings. The Morgan fingerprint density at radius 1 is 1.11 bits per heavy atom. The van der Waals surface area contributed by atoms with Crippen molar-refractivity contribution in [2.45, 2.75) is 26.7 Å². The predicted molar refractivity (Wildman–Crippen MR) is 78.8 cm³/mol. The van der Waals surface area contributed by atoms with Crippen LogP contribution in [0.4, 0.5) is 0 Å². The number of carbonyl (C=O) groups excluding carboxylic acids is 1. The van der Waals surface area contributed by atoms with Crippen molar-refractivity contribution in [1.29, 1.82) is 0 Å². The van der Waals surface area contributed by atoms with Crippen LogP contribution >= 0.6 is 0 Å². The predicted octanol–water partition coefficient (Wildman–Crippen LogP) is 3.79. The number of ether oxygens (including phenoxy) is 1. The second-order valence-corrected chi connectivity index (χ2v) is 5.82. The van der Waals surface area contributed by atoms with Gasteiger partial charge in [-0.1, -0.05) is 32.0 Å². The Balaban J connectivity index is 0.000000637. The maximum atomic E-state index is 8.00. The summed E-state index contributed by atoms with van der Waals surface area (Å²) in [5.74, 6) is 0.974. The molecule has 2 nitrogen and oxygen atoms in total. The van der Waals surface area contributed by atoms with Gasteiger partial charge < -0.3 is 9.53 Å². The van der Waals surface area contributed by atoms with Crippen molar-refractivity contribution in [1.82, 2.24) is 0 Å². The van der Waals surface area contributed by atoms with Crippen LogP contribution in [-0.4, -0.2) is 13.9 Å². The molecule has 0 amide bonds. The van der Waals surface area contributed by atoms with Gasteiger partial charge in [0.1, 0.15) is 12.5 Å². The highest BCUT2D eigenvalue weighted by atomic mass is 16.5.